The number of ether oxygens (including phenoxy) is 3. The lowest BCUT2D eigenvalue weighted by molar-refractivity contribution is -0.114. The lowest BCUT2D eigenvalue weighted by Gasteiger charge is -2.27. The van der Waals surface area contributed by atoms with Crippen molar-refractivity contribution in [1.82, 2.24) is 4.90 Å². The van der Waals surface area contributed by atoms with E-state index in [0.717, 1.165) is 22.6 Å². The third-order valence-corrected chi connectivity index (χ3v) is 6.81. The fourth-order valence-corrected chi connectivity index (χ4v) is 5.00. The number of benzene rings is 3. The molecular formula is C30H27N3O4S. The molecule has 8 heteroatoms. The van der Waals surface area contributed by atoms with Gasteiger partial charge in [-0.2, -0.15) is 4.99 Å². The molecule has 2 heterocycles. The second-order valence-corrected chi connectivity index (χ2v) is 9.54. The second kappa shape index (κ2) is 11.4. The van der Waals surface area contributed by atoms with Gasteiger partial charge in [-0.25, -0.2) is 0 Å². The molecule has 0 bridgehead atoms. The summed E-state index contributed by atoms with van der Waals surface area (Å²) in [5, 5.41) is 11.2. The summed E-state index contributed by atoms with van der Waals surface area (Å²) in [5.41, 5.74) is 3.85. The Kier molecular flexibility index (Phi) is 7.60. The molecule has 0 aliphatic carbocycles. The summed E-state index contributed by atoms with van der Waals surface area (Å²) in [6.07, 6.45) is 2.37. The molecule has 0 saturated carbocycles. The van der Waals surface area contributed by atoms with Crippen LogP contribution in [0.1, 0.15) is 23.1 Å². The van der Waals surface area contributed by atoms with E-state index in [2.05, 4.69) is 4.99 Å². The summed E-state index contributed by atoms with van der Waals surface area (Å²) in [4.78, 5) is 18.8. The van der Waals surface area contributed by atoms with Crippen molar-refractivity contribution in [2.24, 2.45) is 4.99 Å². The number of rotatable bonds is 9. The van der Waals surface area contributed by atoms with Crippen molar-refractivity contribution in [2.75, 3.05) is 20.3 Å². The van der Waals surface area contributed by atoms with E-state index in [1.807, 2.05) is 73.0 Å². The van der Waals surface area contributed by atoms with Crippen LogP contribution >= 0.6 is 11.8 Å². The van der Waals surface area contributed by atoms with Crippen molar-refractivity contribution in [3.05, 3.63) is 100 Å². The Hall–Kier alpha value is -4.30. The van der Waals surface area contributed by atoms with Gasteiger partial charge in [-0.15, -0.1) is 0 Å². The minimum atomic E-state index is -0.440. The number of methoxy groups -OCH3 is 1. The van der Waals surface area contributed by atoms with E-state index in [4.69, 9.17) is 19.6 Å². The molecule has 1 N–H and O–H groups in total. The molecule has 3 aromatic carbocycles. The third kappa shape index (κ3) is 5.50. The van der Waals surface area contributed by atoms with Gasteiger partial charge in [-0.05, 0) is 54.0 Å². The molecule has 1 amide bonds. The van der Waals surface area contributed by atoms with Gasteiger partial charge in [0.1, 0.15) is 11.6 Å². The zero-order valence-corrected chi connectivity index (χ0v) is 22.0. The van der Waals surface area contributed by atoms with Crippen molar-refractivity contribution in [1.29, 1.82) is 5.41 Å². The number of aliphatic imine (C=N–C) groups is 1. The molecule has 2 aliphatic rings. The van der Waals surface area contributed by atoms with Crippen molar-refractivity contribution in [3.63, 3.8) is 0 Å². The molecular weight excluding hydrogens is 498 g/mol. The number of carbonyl (C=O) groups excluding carboxylic acids is 1. The fraction of sp³-hybridized carbons (Fsp3) is 0.167. The summed E-state index contributed by atoms with van der Waals surface area (Å²) >= 11 is 1.34. The number of amidine groups is 2. The van der Waals surface area contributed by atoms with Crippen LogP contribution in [-0.2, 0) is 4.79 Å². The topological polar surface area (TPSA) is 84.2 Å². The molecule has 0 unspecified atom stereocenters. The van der Waals surface area contributed by atoms with E-state index in [-0.39, 0.29) is 11.4 Å². The molecule has 0 aromatic heterocycles. The van der Waals surface area contributed by atoms with Crippen LogP contribution in [-0.4, -0.2) is 42.1 Å². The van der Waals surface area contributed by atoms with Crippen LogP contribution in [0, 0.1) is 12.3 Å². The van der Waals surface area contributed by atoms with Crippen LogP contribution in [0.5, 0.6) is 17.2 Å². The Labute approximate surface area is 225 Å². The highest BCUT2D eigenvalue weighted by molar-refractivity contribution is 8.17. The Morgan fingerprint density at radius 2 is 1.79 bits per heavy atom. The normalized spacial score (nSPS) is 15.7. The van der Waals surface area contributed by atoms with Crippen molar-refractivity contribution in [3.8, 4) is 17.2 Å². The SMILES string of the molecule is COc1cc(C=C2C(=N)N3C(c4ccccc4)=CSC3=NC2=O)ccc1OCCCOc1cccc(C)c1. The highest BCUT2D eigenvalue weighted by atomic mass is 32.2. The van der Waals surface area contributed by atoms with Crippen LogP contribution in [0.3, 0.4) is 0 Å². The van der Waals surface area contributed by atoms with E-state index in [0.29, 0.717) is 41.9 Å². The van der Waals surface area contributed by atoms with E-state index < -0.39 is 5.91 Å². The third-order valence-electron chi connectivity index (χ3n) is 5.99. The molecule has 7 nitrogen and oxygen atoms in total. The zero-order chi connectivity index (χ0) is 26.5. The summed E-state index contributed by atoms with van der Waals surface area (Å²) in [6, 6.07) is 23.1. The minimum Gasteiger partial charge on any atom is -0.493 e. The number of hydrogen-bond donors (Lipinski definition) is 1. The second-order valence-electron chi connectivity index (χ2n) is 8.71. The summed E-state index contributed by atoms with van der Waals surface area (Å²) in [5.74, 6) is 1.64. The van der Waals surface area contributed by atoms with Gasteiger partial charge in [0.2, 0.25) is 0 Å². The fourth-order valence-electron chi connectivity index (χ4n) is 4.11. The van der Waals surface area contributed by atoms with Gasteiger partial charge < -0.3 is 14.2 Å². The van der Waals surface area contributed by atoms with Crippen LogP contribution in [0.2, 0.25) is 0 Å². The molecule has 2 aliphatic heterocycles. The highest BCUT2D eigenvalue weighted by Gasteiger charge is 2.36. The largest absolute Gasteiger partial charge is 0.493 e. The molecule has 5 rings (SSSR count). The summed E-state index contributed by atoms with van der Waals surface area (Å²) < 4.78 is 17.2. The molecule has 0 radical (unpaired) electrons. The van der Waals surface area contributed by atoms with Gasteiger partial charge in [-0.3, -0.25) is 15.1 Å². The van der Waals surface area contributed by atoms with E-state index in [9.17, 15) is 4.79 Å². The lowest BCUT2D eigenvalue weighted by Crippen LogP contribution is -2.38. The molecule has 3 aromatic rings. The number of nitrogens with one attached hydrogen (secondary N) is 1. The van der Waals surface area contributed by atoms with Crippen molar-refractivity contribution in [2.45, 2.75) is 13.3 Å². The van der Waals surface area contributed by atoms with Crippen LogP contribution in [0.4, 0.5) is 0 Å². The van der Waals surface area contributed by atoms with E-state index in [1.54, 1.807) is 30.2 Å². The Morgan fingerprint density at radius 1 is 0.974 bits per heavy atom. The number of amides is 1. The standard InChI is InChI=1S/C30H27N3O4S/c1-20-8-6-11-23(16-20)36-14-7-15-37-26-13-12-21(18-27(26)35-2)17-24-28(31)33-25(22-9-4-3-5-10-22)19-38-30(33)32-29(24)34/h3-6,8-13,16-19,31H,7,14-15H2,1-2H3. The molecule has 0 atom stereocenters. The monoisotopic (exact) mass is 525 g/mol. The minimum absolute atomic E-state index is 0.0907. The average molecular weight is 526 g/mol. The van der Waals surface area contributed by atoms with E-state index in [1.165, 1.54) is 11.8 Å². The predicted molar refractivity (Wildman–Crippen MR) is 152 cm³/mol. The number of carbonyl (C=O) groups is 1. The van der Waals surface area contributed by atoms with E-state index >= 15 is 0 Å². The smallest absolute Gasteiger partial charge is 0.283 e. The van der Waals surface area contributed by atoms with Gasteiger partial charge in [-0.1, -0.05) is 60.3 Å². The van der Waals surface area contributed by atoms with Crippen LogP contribution in [0.25, 0.3) is 11.8 Å². The molecule has 0 spiro atoms. The maximum absolute atomic E-state index is 12.8. The Morgan fingerprint density at radius 3 is 2.58 bits per heavy atom. The van der Waals surface area contributed by atoms with Crippen molar-refractivity contribution < 1.29 is 19.0 Å². The number of thioether (sulfide) groups is 1. The highest BCUT2D eigenvalue weighted by Crippen LogP contribution is 2.37. The summed E-state index contributed by atoms with van der Waals surface area (Å²) in [6.45, 7) is 3.03. The summed E-state index contributed by atoms with van der Waals surface area (Å²) in [7, 11) is 1.57. The molecule has 0 saturated heterocycles. The molecule has 0 fully saturated rings. The Balaban J connectivity index is 1.26. The van der Waals surface area contributed by atoms with Crippen LogP contribution in [0.15, 0.2) is 88.8 Å². The van der Waals surface area contributed by atoms with Gasteiger partial charge in [0.05, 0.1) is 31.6 Å². The maximum Gasteiger partial charge on any atom is 0.283 e. The lowest BCUT2D eigenvalue weighted by atomic mass is 10.1. The predicted octanol–water partition coefficient (Wildman–Crippen LogP) is 6.16. The van der Waals surface area contributed by atoms with Gasteiger partial charge >= 0.3 is 0 Å². The first kappa shape index (κ1) is 25.4. The number of fused-ring (bicyclic) bond motifs is 1. The van der Waals surface area contributed by atoms with Crippen molar-refractivity contribution >= 4 is 40.4 Å². The quantitative estimate of drug-likeness (QED) is 0.266. The first-order valence-electron chi connectivity index (χ1n) is 12.2. The van der Waals surface area contributed by atoms with Gasteiger partial charge in [0.25, 0.3) is 5.91 Å². The number of nitrogens with zero attached hydrogens (tertiary/aromatic N) is 2. The Bertz CT molecular complexity index is 1460. The molecule has 38 heavy (non-hydrogen) atoms. The first-order valence-corrected chi connectivity index (χ1v) is 13.1. The van der Waals surface area contributed by atoms with Gasteiger partial charge in [0, 0.05) is 11.8 Å². The number of aryl methyl sites for hydroxylation is 1. The zero-order valence-electron chi connectivity index (χ0n) is 21.1. The number of hydrogen-bond acceptors (Lipinski definition) is 6. The van der Waals surface area contributed by atoms with Crippen LogP contribution < -0.4 is 14.2 Å². The molecule has 192 valence electrons. The van der Waals surface area contributed by atoms with Gasteiger partial charge in [0.15, 0.2) is 16.7 Å². The first-order chi connectivity index (χ1) is 18.5. The average Bonchev–Trinajstić information content (AvgIpc) is 3.35. The maximum atomic E-state index is 12.8.